The summed E-state index contributed by atoms with van der Waals surface area (Å²) in [6.45, 7) is 5.28. The van der Waals surface area contributed by atoms with E-state index >= 15 is 0 Å². The minimum atomic E-state index is -0.0247. The Balaban J connectivity index is 1.50. The average Bonchev–Trinajstić information content (AvgIpc) is 3.22. The van der Waals surface area contributed by atoms with Crippen LogP contribution in [-0.2, 0) is 6.54 Å². The maximum atomic E-state index is 12.1. The molecular formula is C18H20N4OS. The number of hydrogen-bond acceptors (Lipinski definition) is 5. The van der Waals surface area contributed by atoms with Crippen LogP contribution in [0.3, 0.4) is 0 Å². The third kappa shape index (κ3) is 3.81. The molecule has 0 radical (unpaired) electrons. The number of hydrogen-bond donors (Lipinski definition) is 1. The van der Waals surface area contributed by atoms with Gasteiger partial charge >= 0.3 is 0 Å². The Kier molecular flexibility index (Phi) is 5.24. The van der Waals surface area contributed by atoms with E-state index in [0.29, 0.717) is 17.3 Å². The van der Waals surface area contributed by atoms with Gasteiger partial charge in [0.25, 0.3) is 5.91 Å². The molecule has 1 aromatic heterocycles. The Morgan fingerprint density at radius 3 is 3.08 bits per heavy atom. The van der Waals surface area contributed by atoms with Gasteiger partial charge in [-0.1, -0.05) is 18.2 Å². The molecule has 0 spiro atoms. The van der Waals surface area contributed by atoms with Crippen molar-refractivity contribution < 1.29 is 4.79 Å². The van der Waals surface area contributed by atoms with Crippen LogP contribution in [-0.4, -0.2) is 35.4 Å². The van der Waals surface area contributed by atoms with Crippen molar-refractivity contribution in [3.8, 4) is 6.07 Å². The van der Waals surface area contributed by atoms with Gasteiger partial charge in [0, 0.05) is 19.6 Å². The highest BCUT2D eigenvalue weighted by Gasteiger charge is 2.24. The van der Waals surface area contributed by atoms with Crippen LogP contribution >= 0.6 is 11.3 Å². The highest BCUT2D eigenvalue weighted by atomic mass is 32.1. The van der Waals surface area contributed by atoms with Gasteiger partial charge in [0.15, 0.2) is 0 Å². The number of thiazole rings is 1. The SMILES string of the molecule is Cc1ncsc1C(=O)NC[C@@H]1CCN(Cc2ccccc2C#N)C1. The van der Waals surface area contributed by atoms with Gasteiger partial charge < -0.3 is 5.32 Å². The zero-order valence-electron chi connectivity index (χ0n) is 13.7. The van der Waals surface area contributed by atoms with Gasteiger partial charge in [0.05, 0.1) is 22.8 Å². The predicted octanol–water partition coefficient (Wildman–Crippen LogP) is 2.58. The van der Waals surface area contributed by atoms with Gasteiger partial charge in [-0.3, -0.25) is 9.69 Å². The van der Waals surface area contributed by atoms with Crippen LogP contribution < -0.4 is 5.32 Å². The van der Waals surface area contributed by atoms with E-state index in [1.807, 2.05) is 31.2 Å². The molecule has 1 aromatic carbocycles. The minimum Gasteiger partial charge on any atom is -0.351 e. The number of rotatable bonds is 5. The van der Waals surface area contributed by atoms with Crippen LogP contribution in [0.25, 0.3) is 0 Å². The van der Waals surface area contributed by atoms with Gasteiger partial charge in [0.1, 0.15) is 4.88 Å². The Morgan fingerprint density at radius 1 is 1.50 bits per heavy atom. The number of carbonyl (C=O) groups is 1. The summed E-state index contributed by atoms with van der Waals surface area (Å²) in [5.41, 5.74) is 4.31. The summed E-state index contributed by atoms with van der Waals surface area (Å²) in [5, 5.41) is 12.2. The molecule has 0 bridgehead atoms. The molecule has 1 aliphatic heterocycles. The number of benzene rings is 1. The van der Waals surface area contributed by atoms with E-state index in [2.05, 4.69) is 21.3 Å². The molecule has 1 fully saturated rings. The van der Waals surface area contributed by atoms with Gasteiger partial charge in [-0.25, -0.2) is 4.98 Å². The lowest BCUT2D eigenvalue weighted by Crippen LogP contribution is -2.30. The van der Waals surface area contributed by atoms with Gasteiger partial charge in [-0.2, -0.15) is 5.26 Å². The van der Waals surface area contributed by atoms with Crippen molar-refractivity contribution >= 4 is 17.2 Å². The van der Waals surface area contributed by atoms with Crippen LogP contribution in [0.15, 0.2) is 29.8 Å². The third-order valence-corrected chi connectivity index (χ3v) is 5.33. The number of likely N-dealkylation sites (tertiary alicyclic amines) is 1. The molecule has 6 heteroatoms. The lowest BCUT2D eigenvalue weighted by atomic mass is 10.1. The molecule has 24 heavy (non-hydrogen) atoms. The summed E-state index contributed by atoms with van der Waals surface area (Å²) in [7, 11) is 0. The van der Waals surface area contributed by atoms with Crippen molar-refractivity contribution in [2.24, 2.45) is 5.92 Å². The molecule has 0 unspecified atom stereocenters. The van der Waals surface area contributed by atoms with Gasteiger partial charge in [-0.15, -0.1) is 11.3 Å². The fraction of sp³-hybridized carbons (Fsp3) is 0.389. The van der Waals surface area contributed by atoms with E-state index in [4.69, 9.17) is 0 Å². The molecule has 2 aromatic rings. The number of aromatic nitrogens is 1. The lowest BCUT2D eigenvalue weighted by Gasteiger charge is -2.17. The molecule has 1 aliphatic rings. The first-order valence-corrected chi connectivity index (χ1v) is 8.94. The summed E-state index contributed by atoms with van der Waals surface area (Å²) in [5.74, 6) is 0.430. The Bertz CT molecular complexity index is 764. The van der Waals surface area contributed by atoms with E-state index in [9.17, 15) is 10.1 Å². The molecule has 0 saturated carbocycles. The Labute approximate surface area is 145 Å². The van der Waals surface area contributed by atoms with Crippen LogP contribution in [0.4, 0.5) is 0 Å². The fourth-order valence-electron chi connectivity index (χ4n) is 3.07. The number of aryl methyl sites for hydroxylation is 1. The van der Waals surface area contributed by atoms with Crippen molar-refractivity contribution in [1.82, 2.24) is 15.2 Å². The minimum absolute atomic E-state index is 0.0247. The fourth-order valence-corrected chi connectivity index (χ4v) is 3.79. The maximum Gasteiger partial charge on any atom is 0.263 e. The average molecular weight is 340 g/mol. The highest BCUT2D eigenvalue weighted by molar-refractivity contribution is 7.11. The molecular weight excluding hydrogens is 320 g/mol. The molecule has 1 N–H and O–H groups in total. The second kappa shape index (κ2) is 7.56. The first-order chi connectivity index (χ1) is 11.7. The van der Waals surface area contributed by atoms with Crippen molar-refractivity contribution in [3.05, 3.63) is 51.5 Å². The number of amides is 1. The number of nitriles is 1. The topological polar surface area (TPSA) is 69.0 Å². The first-order valence-electron chi connectivity index (χ1n) is 8.06. The standard InChI is InChI=1S/C18H20N4OS/c1-13-17(24-12-21-13)18(23)20-9-14-6-7-22(10-14)11-16-5-3-2-4-15(16)8-19/h2-5,12,14H,6-7,9-11H2,1H3,(H,20,23)/t14-/m0/s1. The first kappa shape index (κ1) is 16.6. The number of carbonyl (C=O) groups excluding carboxylic acids is 1. The summed E-state index contributed by atoms with van der Waals surface area (Å²) in [4.78, 5) is 19.3. The van der Waals surface area contributed by atoms with Crippen molar-refractivity contribution in [1.29, 1.82) is 5.26 Å². The zero-order chi connectivity index (χ0) is 16.9. The smallest absolute Gasteiger partial charge is 0.263 e. The van der Waals surface area contributed by atoms with Crippen molar-refractivity contribution in [2.75, 3.05) is 19.6 Å². The molecule has 5 nitrogen and oxygen atoms in total. The molecule has 0 aliphatic carbocycles. The molecule has 1 saturated heterocycles. The monoisotopic (exact) mass is 340 g/mol. The zero-order valence-corrected chi connectivity index (χ0v) is 14.5. The summed E-state index contributed by atoms with van der Waals surface area (Å²) >= 11 is 1.38. The molecule has 1 atom stereocenters. The van der Waals surface area contributed by atoms with Crippen LogP contribution in [0.2, 0.25) is 0 Å². The van der Waals surface area contributed by atoms with Gasteiger partial charge in [-0.05, 0) is 37.4 Å². The quantitative estimate of drug-likeness (QED) is 0.908. The second-order valence-electron chi connectivity index (χ2n) is 6.14. The van der Waals surface area contributed by atoms with E-state index < -0.39 is 0 Å². The third-order valence-electron chi connectivity index (χ3n) is 4.40. The molecule has 124 valence electrons. The Morgan fingerprint density at radius 2 is 2.33 bits per heavy atom. The molecule has 2 heterocycles. The molecule has 1 amide bonds. The Hall–Kier alpha value is -2.23. The van der Waals surface area contributed by atoms with Crippen LogP contribution in [0.5, 0.6) is 0 Å². The highest BCUT2D eigenvalue weighted by Crippen LogP contribution is 2.20. The largest absolute Gasteiger partial charge is 0.351 e. The maximum absolute atomic E-state index is 12.1. The van der Waals surface area contributed by atoms with Gasteiger partial charge in [0.2, 0.25) is 0 Å². The van der Waals surface area contributed by atoms with E-state index in [1.54, 1.807) is 5.51 Å². The summed E-state index contributed by atoms with van der Waals surface area (Å²) in [6.07, 6.45) is 1.07. The van der Waals surface area contributed by atoms with E-state index in [1.165, 1.54) is 11.3 Å². The van der Waals surface area contributed by atoms with Crippen LogP contribution in [0, 0.1) is 24.2 Å². The van der Waals surface area contributed by atoms with E-state index in [-0.39, 0.29) is 5.91 Å². The second-order valence-corrected chi connectivity index (χ2v) is 6.99. The number of nitrogens with zero attached hydrogens (tertiary/aromatic N) is 3. The summed E-state index contributed by atoms with van der Waals surface area (Å²) in [6, 6.07) is 10.00. The lowest BCUT2D eigenvalue weighted by molar-refractivity contribution is 0.0950. The molecule has 3 rings (SSSR count). The van der Waals surface area contributed by atoms with E-state index in [0.717, 1.165) is 42.9 Å². The summed E-state index contributed by atoms with van der Waals surface area (Å²) < 4.78 is 0. The van der Waals surface area contributed by atoms with Crippen LogP contribution in [0.1, 0.15) is 32.9 Å². The predicted molar refractivity (Wildman–Crippen MR) is 93.7 cm³/mol. The number of nitrogens with one attached hydrogen (secondary N) is 1. The van der Waals surface area contributed by atoms with Crippen molar-refractivity contribution in [3.63, 3.8) is 0 Å². The normalized spacial score (nSPS) is 17.6. The van der Waals surface area contributed by atoms with Crippen molar-refractivity contribution in [2.45, 2.75) is 19.9 Å².